The van der Waals surface area contributed by atoms with Gasteiger partial charge in [-0.25, -0.2) is 5.48 Å². The molecule has 0 aromatic carbocycles. The zero-order chi connectivity index (χ0) is 8.27. The summed E-state index contributed by atoms with van der Waals surface area (Å²) in [6.45, 7) is 2.97. The van der Waals surface area contributed by atoms with Crippen LogP contribution >= 0.6 is 0 Å². The van der Waals surface area contributed by atoms with Gasteiger partial charge in [-0.2, -0.15) is 0 Å². The fraction of sp³-hybridized carbons (Fsp3) is 0.857. The number of hydrogen-bond donors (Lipinski definition) is 3. The van der Waals surface area contributed by atoms with Crippen molar-refractivity contribution in [1.82, 2.24) is 10.8 Å². The Kier molecular flexibility index (Phi) is 2.84. The Bertz CT molecular complexity index is 149. The zero-order valence-corrected chi connectivity index (χ0v) is 6.63. The number of piperidine rings is 1. The molecule has 2 unspecified atom stereocenters. The molecule has 3 N–H and O–H groups in total. The van der Waals surface area contributed by atoms with Gasteiger partial charge in [0.15, 0.2) is 0 Å². The molecule has 1 saturated heterocycles. The average Bonchev–Trinajstić information content (AvgIpc) is 2.03. The van der Waals surface area contributed by atoms with E-state index in [0.717, 1.165) is 19.4 Å². The molecule has 0 aromatic heterocycles. The van der Waals surface area contributed by atoms with Gasteiger partial charge in [-0.3, -0.25) is 10.0 Å². The van der Waals surface area contributed by atoms with Crippen LogP contribution in [0.4, 0.5) is 0 Å². The molecule has 64 valence electrons. The van der Waals surface area contributed by atoms with Crippen LogP contribution in [0.5, 0.6) is 0 Å². The molecule has 0 aliphatic carbocycles. The first-order valence-electron chi connectivity index (χ1n) is 3.91. The van der Waals surface area contributed by atoms with Gasteiger partial charge in [0.1, 0.15) is 0 Å². The van der Waals surface area contributed by atoms with Crippen LogP contribution in [0, 0.1) is 5.92 Å². The van der Waals surface area contributed by atoms with Gasteiger partial charge in [0.25, 0.3) is 5.91 Å². The lowest BCUT2D eigenvalue weighted by molar-refractivity contribution is -0.132. The monoisotopic (exact) mass is 158 g/mol. The van der Waals surface area contributed by atoms with Gasteiger partial charge < -0.3 is 5.32 Å². The number of carbonyl (C=O) groups excluding carboxylic acids is 1. The minimum atomic E-state index is -0.323. The minimum absolute atomic E-state index is 0.205. The van der Waals surface area contributed by atoms with Crippen molar-refractivity contribution in [2.45, 2.75) is 25.8 Å². The molecule has 0 radical (unpaired) electrons. The zero-order valence-electron chi connectivity index (χ0n) is 6.63. The second-order valence-corrected chi connectivity index (χ2v) is 3.11. The fourth-order valence-corrected chi connectivity index (χ4v) is 1.39. The van der Waals surface area contributed by atoms with Crippen molar-refractivity contribution in [3.8, 4) is 0 Å². The Balaban J connectivity index is 2.39. The first kappa shape index (κ1) is 8.49. The van der Waals surface area contributed by atoms with Crippen molar-refractivity contribution in [3.05, 3.63) is 0 Å². The molecule has 2 atom stereocenters. The maximum Gasteiger partial charge on any atom is 0.260 e. The largest absolute Gasteiger partial charge is 0.306 e. The van der Waals surface area contributed by atoms with Crippen LogP contribution in [-0.4, -0.2) is 23.7 Å². The van der Waals surface area contributed by atoms with E-state index in [1.54, 1.807) is 5.48 Å². The van der Waals surface area contributed by atoms with Crippen molar-refractivity contribution in [3.63, 3.8) is 0 Å². The third-order valence-electron chi connectivity index (χ3n) is 2.09. The molecule has 0 aromatic rings. The van der Waals surface area contributed by atoms with E-state index in [9.17, 15) is 4.79 Å². The van der Waals surface area contributed by atoms with Crippen LogP contribution in [0.3, 0.4) is 0 Å². The molecule has 0 saturated carbocycles. The van der Waals surface area contributed by atoms with Crippen molar-refractivity contribution in [2.75, 3.05) is 6.54 Å². The lowest BCUT2D eigenvalue weighted by Crippen LogP contribution is -2.47. The molecular formula is C7H14N2O2. The highest BCUT2D eigenvalue weighted by Crippen LogP contribution is 2.14. The van der Waals surface area contributed by atoms with Crippen LogP contribution in [0.2, 0.25) is 0 Å². The Morgan fingerprint density at radius 3 is 3.00 bits per heavy atom. The average molecular weight is 158 g/mol. The van der Waals surface area contributed by atoms with Gasteiger partial charge in [-0.15, -0.1) is 0 Å². The Labute approximate surface area is 65.9 Å². The molecular weight excluding hydrogens is 144 g/mol. The van der Waals surface area contributed by atoms with E-state index in [1.165, 1.54) is 0 Å². The standard InChI is InChI=1S/C7H14N2O2/c1-5-2-3-8-6(4-5)7(10)9-11/h5-6,8,11H,2-4H2,1H3,(H,9,10). The third-order valence-corrected chi connectivity index (χ3v) is 2.09. The highest BCUT2D eigenvalue weighted by molar-refractivity contribution is 5.80. The molecule has 0 bridgehead atoms. The van der Waals surface area contributed by atoms with E-state index >= 15 is 0 Å². The quantitative estimate of drug-likeness (QED) is 0.368. The number of nitrogens with one attached hydrogen (secondary N) is 2. The van der Waals surface area contributed by atoms with Crippen molar-refractivity contribution < 1.29 is 10.0 Å². The highest BCUT2D eigenvalue weighted by atomic mass is 16.5. The maximum absolute atomic E-state index is 10.9. The lowest BCUT2D eigenvalue weighted by Gasteiger charge is -2.26. The first-order chi connectivity index (χ1) is 5.24. The number of rotatable bonds is 1. The van der Waals surface area contributed by atoms with Crippen molar-refractivity contribution >= 4 is 5.91 Å². The van der Waals surface area contributed by atoms with Crippen molar-refractivity contribution in [2.24, 2.45) is 5.92 Å². The van der Waals surface area contributed by atoms with Gasteiger partial charge in [0, 0.05) is 0 Å². The highest BCUT2D eigenvalue weighted by Gasteiger charge is 2.23. The second kappa shape index (κ2) is 3.69. The normalized spacial score (nSPS) is 31.5. The molecule has 1 amide bonds. The molecule has 4 heteroatoms. The van der Waals surface area contributed by atoms with E-state index in [-0.39, 0.29) is 11.9 Å². The Morgan fingerprint density at radius 1 is 1.73 bits per heavy atom. The summed E-state index contributed by atoms with van der Waals surface area (Å²) < 4.78 is 0. The number of carbonyl (C=O) groups is 1. The number of hydroxylamine groups is 1. The van der Waals surface area contributed by atoms with Crippen LogP contribution < -0.4 is 10.8 Å². The van der Waals surface area contributed by atoms with Gasteiger partial charge in [0.2, 0.25) is 0 Å². The summed E-state index contributed by atoms with van der Waals surface area (Å²) in [6.07, 6.45) is 1.92. The lowest BCUT2D eigenvalue weighted by atomic mass is 9.94. The fourth-order valence-electron chi connectivity index (χ4n) is 1.39. The minimum Gasteiger partial charge on any atom is -0.306 e. The predicted molar refractivity (Wildman–Crippen MR) is 40.1 cm³/mol. The molecule has 1 aliphatic heterocycles. The van der Waals surface area contributed by atoms with Crippen LogP contribution in [0.25, 0.3) is 0 Å². The van der Waals surface area contributed by atoms with E-state index in [2.05, 4.69) is 12.2 Å². The van der Waals surface area contributed by atoms with E-state index in [4.69, 9.17) is 5.21 Å². The van der Waals surface area contributed by atoms with Gasteiger partial charge in [-0.1, -0.05) is 6.92 Å². The molecule has 11 heavy (non-hydrogen) atoms. The van der Waals surface area contributed by atoms with E-state index in [0.29, 0.717) is 5.92 Å². The van der Waals surface area contributed by atoms with Gasteiger partial charge in [0.05, 0.1) is 6.04 Å². The Morgan fingerprint density at radius 2 is 2.45 bits per heavy atom. The topological polar surface area (TPSA) is 61.4 Å². The second-order valence-electron chi connectivity index (χ2n) is 3.11. The molecule has 1 aliphatic rings. The maximum atomic E-state index is 10.9. The smallest absolute Gasteiger partial charge is 0.260 e. The van der Waals surface area contributed by atoms with Crippen LogP contribution in [-0.2, 0) is 4.79 Å². The van der Waals surface area contributed by atoms with Gasteiger partial charge >= 0.3 is 0 Å². The predicted octanol–water partition coefficient (Wildman–Crippen LogP) is -0.120. The summed E-state index contributed by atoms with van der Waals surface area (Å²) in [7, 11) is 0. The summed E-state index contributed by atoms with van der Waals surface area (Å²) in [5, 5.41) is 11.4. The summed E-state index contributed by atoms with van der Waals surface area (Å²) in [4.78, 5) is 10.9. The third kappa shape index (κ3) is 2.17. The summed E-state index contributed by atoms with van der Waals surface area (Å²) >= 11 is 0. The first-order valence-corrected chi connectivity index (χ1v) is 3.91. The van der Waals surface area contributed by atoms with Crippen molar-refractivity contribution in [1.29, 1.82) is 0 Å². The molecule has 0 spiro atoms. The molecule has 1 heterocycles. The Hall–Kier alpha value is -0.610. The van der Waals surface area contributed by atoms with E-state index in [1.807, 2.05) is 0 Å². The SMILES string of the molecule is CC1CCNC(C(=O)NO)C1. The number of amides is 1. The molecule has 1 fully saturated rings. The van der Waals surface area contributed by atoms with E-state index < -0.39 is 0 Å². The molecule has 1 rings (SSSR count). The van der Waals surface area contributed by atoms with Gasteiger partial charge in [-0.05, 0) is 25.3 Å². The molecule has 4 nitrogen and oxygen atoms in total. The van der Waals surface area contributed by atoms with Crippen LogP contribution in [0.15, 0.2) is 0 Å². The summed E-state index contributed by atoms with van der Waals surface area (Å²) in [5.41, 5.74) is 1.65. The number of hydrogen-bond acceptors (Lipinski definition) is 3. The summed E-state index contributed by atoms with van der Waals surface area (Å²) in [5.74, 6) is 0.245. The van der Waals surface area contributed by atoms with Crippen LogP contribution in [0.1, 0.15) is 19.8 Å². The summed E-state index contributed by atoms with van der Waals surface area (Å²) in [6, 6.07) is -0.205.